The molecule has 13 heavy (non-hydrogen) atoms. The van der Waals surface area contributed by atoms with Crippen LogP contribution in [0.5, 0.6) is 0 Å². The van der Waals surface area contributed by atoms with Gasteiger partial charge in [-0.05, 0) is 7.05 Å². The Hall–Kier alpha value is -0.290. The summed E-state index contributed by atoms with van der Waals surface area (Å²) in [7, 11) is 1.65. The van der Waals surface area contributed by atoms with Gasteiger partial charge in [0.25, 0.3) is 0 Å². The highest BCUT2D eigenvalue weighted by atomic mass is 19.4. The Morgan fingerprint density at radius 3 is 2.15 bits per heavy atom. The molecule has 2 nitrogen and oxygen atoms in total. The zero-order valence-corrected chi connectivity index (χ0v) is 8.19. The predicted molar refractivity (Wildman–Crippen MR) is 44.6 cm³/mol. The highest BCUT2D eigenvalue weighted by Gasteiger charge is 2.42. The second-order valence-electron chi connectivity index (χ2n) is 2.66. The van der Waals surface area contributed by atoms with Gasteiger partial charge in [-0.3, -0.25) is 0 Å². The predicted octanol–water partition coefficient (Wildman–Crippen LogP) is 1.91. The standard InChI is InChI=1S/C6H10F3NO.C2H6/c1-10-2-3-11-5(4-10)6(7,8)9;1-2/h5H,2-4H2,1H3;1-2H3. The molecule has 0 saturated carbocycles. The van der Waals surface area contributed by atoms with Crippen molar-refractivity contribution in [3.05, 3.63) is 0 Å². The molecule has 0 spiro atoms. The summed E-state index contributed by atoms with van der Waals surface area (Å²) in [5, 5.41) is 0. The first-order chi connectivity index (χ1) is 6.00. The van der Waals surface area contributed by atoms with Gasteiger partial charge in [-0.15, -0.1) is 0 Å². The van der Waals surface area contributed by atoms with Crippen LogP contribution in [-0.2, 0) is 4.74 Å². The summed E-state index contributed by atoms with van der Waals surface area (Å²) in [6.45, 7) is 4.69. The number of hydrogen-bond donors (Lipinski definition) is 0. The third kappa shape index (κ3) is 4.47. The van der Waals surface area contributed by atoms with Gasteiger partial charge >= 0.3 is 6.18 Å². The first-order valence-electron chi connectivity index (χ1n) is 4.37. The molecule has 0 radical (unpaired) electrons. The van der Waals surface area contributed by atoms with Gasteiger partial charge in [0.15, 0.2) is 6.10 Å². The van der Waals surface area contributed by atoms with E-state index in [4.69, 9.17) is 0 Å². The lowest BCUT2D eigenvalue weighted by atomic mass is 10.3. The number of ether oxygens (including phenoxy) is 1. The summed E-state index contributed by atoms with van der Waals surface area (Å²) in [6.07, 6.45) is -5.81. The fourth-order valence-corrected chi connectivity index (χ4v) is 0.976. The van der Waals surface area contributed by atoms with Crippen LogP contribution in [-0.4, -0.2) is 43.9 Å². The van der Waals surface area contributed by atoms with E-state index in [0.29, 0.717) is 6.54 Å². The fraction of sp³-hybridized carbons (Fsp3) is 1.00. The molecule has 1 aliphatic rings. The van der Waals surface area contributed by atoms with Crippen LogP contribution in [0.3, 0.4) is 0 Å². The molecule has 0 bridgehead atoms. The van der Waals surface area contributed by atoms with Crippen molar-refractivity contribution in [3.63, 3.8) is 0 Å². The first-order valence-corrected chi connectivity index (χ1v) is 4.37. The molecular formula is C8H16F3NO. The number of nitrogens with zero attached hydrogens (tertiary/aromatic N) is 1. The maximum Gasteiger partial charge on any atom is 0.415 e. The van der Waals surface area contributed by atoms with Crippen LogP contribution in [0.2, 0.25) is 0 Å². The van der Waals surface area contributed by atoms with Gasteiger partial charge in [-0.2, -0.15) is 13.2 Å². The molecule has 1 saturated heterocycles. The number of morpholine rings is 1. The van der Waals surface area contributed by atoms with Gasteiger partial charge < -0.3 is 9.64 Å². The van der Waals surface area contributed by atoms with Crippen LogP contribution in [0.4, 0.5) is 13.2 Å². The number of likely N-dealkylation sites (N-methyl/N-ethyl adjacent to an activating group) is 1. The molecule has 0 aromatic rings. The van der Waals surface area contributed by atoms with Crippen molar-refractivity contribution < 1.29 is 17.9 Å². The maximum absolute atomic E-state index is 12.0. The van der Waals surface area contributed by atoms with Crippen molar-refractivity contribution in [1.82, 2.24) is 4.90 Å². The molecule has 1 rings (SSSR count). The summed E-state index contributed by atoms with van der Waals surface area (Å²) in [4.78, 5) is 1.61. The van der Waals surface area contributed by atoms with Crippen molar-refractivity contribution in [3.8, 4) is 0 Å². The summed E-state index contributed by atoms with van der Waals surface area (Å²) in [5.74, 6) is 0. The molecule has 1 aliphatic heterocycles. The lowest BCUT2D eigenvalue weighted by Gasteiger charge is -2.31. The topological polar surface area (TPSA) is 12.5 Å². The summed E-state index contributed by atoms with van der Waals surface area (Å²) < 4.78 is 40.4. The van der Waals surface area contributed by atoms with Gasteiger partial charge in [0.05, 0.1) is 6.61 Å². The molecule has 0 aliphatic carbocycles. The third-order valence-corrected chi connectivity index (χ3v) is 1.63. The Bertz CT molecular complexity index is 138. The van der Waals surface area contributed by atoms with Gasteiger partial charge in [-0.1, -0.05) is 13.8 Å². The van der Waals surface area contributed by atoms with Crippen molar-refractivity contribution in [2.24, 2.45) is 0 Å². The Morgan fingerprint density at radius 2 is 1.85 bits per heavy atom. The molecule has 0 N–H and O–H groups in total. The van der Waals surface area contributed by atoms with Crippen molar-refractivity contribution in [1.29, 1.82) is 0 Å². The van der Waals surface area contributed by atoms with Crippen LogP contribution in [0.15, 0.2) is 0 Å². The van der Waals surface area contributed by atoms with E-state index in [2.05, 4.69) is 4.74 Å². The third-order valence-electron chi connectivity index (χ3n) is 1.63. The minimum Gasteiger partial charge on any atom is -0.366 e. The normalized spacial score (nSPS) is 24.9. The minimum atomic E-state index is -4.21. The molecule has 1 heterocycles. The molecular weight excluding hydrogens is 183 g/mol. The summed E-state index contributed by atoms with van der Waals surface area (Å²) >= 11 is 0. The van der Waals surface area contributed by atoms with Crippen LogP contribution in [0.1, 0.15) is 13.8 Å². The number of halogens is 3. The second kappa shape index (κ2) is 5.44. The van der Waals surface area contributed by atoms with Crippen molar-refractivity contribution in [2.45, 2.75) is 26.1 Å². The van der Waals surface area contributed by atoms with E-state index in [1.54, 1.807) is 11.9 Å². The van der Waals surface area contributed by atoms with E-state index < -0.39 is 12.3 Å². The molecule has 1 unspecified atom stereocenters. The Labute approximate surface area is 76.7 Å². The second-order valence-corrected chi connectivity index (χ2v) is 2.66. The van der Waals surface area contributed by atoms with E-state index >= 15 is 0 Å². The molecule has 1 atom stereocenters. The Balaban J connectivity index is 0.000000671. The fourth-order valence-electron chi connectivity index (χ4n) is 0.976. The SMILES string of the molecule is CC.CN1CCOC(C(F)(F)F)C1. The molecule has 0 amide bonds. The zero-order valence-electron chi connectivity index (χ0n) is 8.19. The highest BCUT2D eigenvalue weighted by molar-refractivity contribution is 4.74. The number of alkyl halides is 3. The van der Waals surface area contributed by atoms with Gasteiger partial charge in [0, 0.05) is 13.1 Å². The smallest absolute Gasteiger partial charge is 0.366 e. The van der Waals surface area contributed by atoms with Crippen LogP contribution in [0, 0.1) is 0 Å². The Morgan fingerprint density at radius 1 is 1.31 bits per heavy atom. The molecule has 0 aromatic carbocycles. The van der Waals surface area contributed by atoms with Gasteiger partial charge in [0.1, 0.15) is 0 Å². The van der Waals surface area contributed by atoms with Crippen LogP contribution < -0.4 is 0 Å². The highest BCUT2D eigenvalue weighted by Crippen LogP contribution is 2.24. The Kier molecular flexibility index (Phi) is 5.32. The van der Waals surface area contributed by atoms with Crippen LogP contribution >= 0.6 is 0 Å². The van der Waals surface area contributed by atoms with E-state index in [1.165, 1.54) is 0 Å². The van der Waals surface area contributed by atoms with Crippen molar-refractivity contribution in [2.75, 3.05) is 26.7 Å². The van der Waals surface area contributed by atoms with Gasteiger partial charge in [-0.25, -0.2) is 0 Å². The molecule has 0 aromatic heterocycles. The maximum atomic E-state index is 12.0. The molecule has 5 heteroatoms. The monoisotopic (exact) mass is 199 g/mol. The summed E-state index contributed by atoms with van der Waals surface area (Å²) in [5.41, 5.74) is 0. The zero-order chi connectivity index (χ0) is 10.5. The number of rotatable bonds is 0. The van der Waals surface area contributed by atoms with E-state index in [9.17, 15) is 13.2 Å². The first kappa shape index (κ1) is 12.7. The van der Waals surface area contributed by atoms with E-state index in [1.807, 2.05) is 13.8 Å². The average molecular weight is 199 g/mol. The lowest BCUT2D eigenvalue weighted by Crippen LogP contribution is -2.47. The van der Waals surface area contributed by atoms with Crippen LogP contribution in [0.25, 0.3) is 0 Å². The lowest BCUT2D eigenvalue weighted by molar-refractivity contribution is -0.235. The summed E-state index contributed by atoms with van der Waals surface area (Å²) in [6, 6.07) is 0. The quantitative estimate of drug-likeness (QED) is 0.591. The van der Waals surface area contributed by atoms with Gasteiger partial charge in [0.2, 0.25) is 0 Å². The molecule has 80 valence electrons. The van der Waals surface area contributed by atoms with Crippen molar-refractivity contribution >= 4 is 0 Å². The number of hydrogen-bond acceptors (Lipinski definition) is 2. The minimum absolute atomic E-state index is 0.0521. The average Bonchev–Trinajstić information content (AvgIpc) is 2.06. The van der Waals surface area contributed by atoms with E-state index in [-0.39, 0.29) is 13.2 Å². The molecule has 1 fully saturated rings. The largest absolute Gasteiger partial charge is 0.415 e. The van der Waals surface area contributed by atoms with E-state index in [0.717, 1.165) is 0 Å².